The lowest BCUT2D eigenvalue weighted by Crippen LogP contribution is -2.30. The Labute approximate surface area is 127 Å². The molecule has 0 unspecified atom stereocenters. The number of methoxy groups -OCH3 is 1. The van der Waals surface area contributed by atoms with Crippen LogP contribution in [-0.4, -0.2) is 48.3 Å². The minimum Gasteiger partial charge on any atom is -0.497 e. The normalized spacial score (nSPS) is 20.0. The zero-order valence-corrected chi connectivity index (χ0v) is 12.9. The molecule has 1 N–H and O–H groups in total. The lowest BCUT2D eigenvalue weighted by Gasteiger charge is -2.09. The van der Waals surface area contributed by atoms with E-state index in [2.05, 4.69) is 10.3 Å². The second-order valence-corrected chi connectivity index (χ2v) is 5.66. The number of amidine groups is 1. The minimum absolute atomic E-state index is 0.0921. The van der Waals surface area contributed by atoms with Crippen LogP contribution in [-0.2, 0) is 9.59 Å². The van der Waals surface area contributed by atoms with Gasteiger partial charge < -0.3 is 10.1 Å². The summed E-state index contributed by atoms with van der Waals surface area (Å²) in [6.07, 6.45) is 0.124. The van der Waals surface area contributed by atoms with E-state index < -0.39 is 5.25 Å². The van der Waals surface area contributed by atoms with Crippen molar-refractivity contribution in [1.29, 1.82) is 0 Å². The molecule has 0 radical (unpaired) electrons. The first-order valence-corrected chi connectivity index (χ1v) is 7.28. The van der Waals surface area contributed by atoms with Crippen molar-refractivity contribution in [2.24, 2.45) is 4.99 Å². The van der Waals surface area contributed by atoms with Crippen molar-refractivity contribution in [2.75, 3.05) is 26.5 Å². The maximum absolute atomic E-state index is 12.0. The van der Waals surface area contributed by atoms with Crippen LogP contribution in [0.25, 0.3) is 0 Å². The summed E-state index contributed by atoms with van der Waals surface area (Å²) < 4.78 is 5.05. The molecule has 0 aromatic heterocycles. The molecule has 1 fully saturated rings. The third kappa shape index (κ3) is 3.55. The van der Waals surface area contributed by atoms with Gasteiger partial charge in [0.1, 0.15) is 11.0 Å². The van der Waals surface area contributed by atoms with Crippen molar-refractivity contribution in [2.45, 2.75) is 11.7 Å². The van der Waals surface area contributed by atoms with Crippen molar-refractivity contribution in [3.8, 4) is 5.75 Å². The highest BCUT2D eigenvalue weighted by Crippen LogP contribution is 2.28. The van der Waals surface area contributed by atoms with Gasteiger partial charge in [-0.05, 0) is 24.3 Å². The average Bonchev–Trinajstić information content (AvgIpc) is 2.76. The summed E-state index contributed by atoms with van der Waals surface area (Å²) in [4.78, 5) is 29.5. The molecule has 2 rings (SSSR count). The van der Waals surface area contributed by atoms with Crippen molar-refractivity contribution in [1.82, 2.24) is 4.90 Å². The molecule has 1 atom stereocenters. The number of amides is 2. The smallest absolute Gasteiger partial charge is 0.242 e. The molecule has 0 bridgehead atoms. The molecule has 1 aliphatic rings. The fourth-order valence-electron chi connectivity index (χ4n) is 1.95. The quantitative estimate of drug-likeness (QED) is 0.917. The molecule has 6 nitrogen and oxygen atoms in total. The summed E-state index contributed by atoms with van der Waals surface area (Å²) >= 11 is 1.32. The number of ether oxygens (including phenoxy) is 1. The topological polar surface area (TPSA) is 71.0 Å². The van der Waals surface area contributed by atoms with Crippen LogP contribution in [0.3, 0.4) is 0 Å². The fraction of sp³-hybridized carbons (Fsp3) is 0.357. The molecule has 21 heavy (non-hydrogen) atoms. The van der Waals surface area contributed by atoms with Gasteiger partial charge in [0.05, 0.1) is 7.11 Å². The summed E-state index contributed by atoms with van der Waals surface area (Å²) in [6, 6.07) is 7.04. The fourth-order valence-corrected chi connectivity index (χ4v) is 3.06. The number of rotatable bonds is 4. The molecular weight excluding hydrogens is 290 g/mol. The first-order chi connectivity index (χ1) is 10.0. The SMILES string of the molecule is CN=C1S[C@H](CC(=O)Nc2ccc(OC)cc2)C(=O)N1C. The van der Waals surface area contributed by atoms with Crippen LogP contribution in [0.15, 0.2) is 29.3 Å². The summed E-state index contributed by atoms with van der Waals surface area (Å²) in [7, 11) is 4.88. The molecule has 112 valence electrons. The van der Waals surface area contributed by atoms with Crippen LogP contribution < -0.4 is 10.1 Å². The van der Waals surface area contributed by atoms with Gasteiger partial charge in [0.25, 0.3) is 0 Å². The second-order valence-electron chi connectivity index (χ2n) is 4.49. The molecule has 7 heteroatoms. The van der Waals surface area contributed by atoms with E-state index in [1.165, 1.54) is 16.7 Å². The number of nitrogens with zero attached hydrogens (tertiary/aromatic N) is 2. The number of benzene rings is 1. The van der Waals surface area contributed by atoms with E-state index in [-0.39, 0.29) is 18.2 Å². The highest BCUT2D eigenvalue weighted by atomic mass is 32.2. The van der Waals surface area contributed by atoms with Crippen molar-refractivity contribution in [3.63, 3.8) is 0 Å². The lowest BCUT2D eigenvalue weighted by atomic mass is 10.2. The monoisotopic (exact) mass is 307 g/mol. The standard InChI is InChI=1S/C14H17N3O3S/c1-15-14-17(2)13(19)11(21-14)8-12(18)16-9-4-6-10(20-3)7-5-9/h4-7,11H,8H2,1-3H3,(H,16,18)/t11-/m1/s1. The summed E-state index contributed by atoms with van der Waals surface area (Å²) in [5, 5.41) is 3.00. The molecule has 1 aliphatic heterocycles. The van der Waals surface area contributed by atoms with Gasteiger partial charge in [0.15, 0.2) is 5.17 Å². The van der Waals surface area contributed by atoms with Crippen molar-refractivity contribution in [3.05, 3.63) is 24.3 Å². The van der Waals surface area contributed by atoms with Gasteiger partial charge in [-0.2, -0.15) is 0 Å². The molecule has 0 saturated carbocycles. The third-order valence-electron chi connectivity index (χ3n) is 3.08. The molecule has 1 aromatic carbocycles. The van der Waals surface area contributed by atoms with E-state index in [1.807, 2.05) is 0 Å². The van der Waals surface area contributed by atoms with Gasteiger partial charge in [-0.1, -0.05) is 11.8 Å². The van der Waals surface area contributed by atoms with E-state index >= 15 is 0 Å². The summed E-state index contributed by atoms with van der Waals surface area (Å²) in [5.74, 6) is 0.433. The molecule has 0 aliphatic carbocycles. The number of aliphatic imine (C=N–C) groups is 1. The van der Waals surface area contributed by atoms with Crippen molar-refractivity contribution >= 4 is 34.4 Å². The number of carbonyl (C=O) groups excluding carboxylic acids is 2. The minimum atomic E-state index is -0.410. The average molecular weight is 307 g/mol. The number of thioether (sulfide) groups is 1. The third-order valence-corrected chi connectivity index (χ3v) is 4.40. The molecule has 1 aromatic rings. The van der Waals surface area contributed by atoms with Gasteiger partial charge in [-0.3, -0.25) is 19.5 Å². The van der Waals surface area contributed by atoms with Crippen LogP contribution in [0.2, 0.25) is 0 Å². The maximum Gasteiger partial charge on any atom is 0.242 e. The Bertz CT molecular complexity index is 571. The number of hydrogen-bond acceptors (Lipinski definition) is 5. The molecule has 1 saturated heterocycles. The zero-order valence-electron chi connectivity index (χ0n) is 12.1. The van der Waals surface area contributed by atoms with Crippen LogP contribution in [0, 0.1) is 0 Å². The number of hydrogen-bond donors (Lipinski definition) is 1. The van der Waals surface area contributed by atoms with Crippen LogP contribution >= 0.6 is 11.8 Å². The van der Waals surface area contributed by atoms with Crippen LogP contribution in [0.4, 0.5) is 5.69 Å². The Morgan fingerprint density at radius 1 is 1.43 bits per heavy atom. The van der Waals surface area contributed by atoms with Gasteiger partial charge in [0.2, 0.25) is 11.8 Å². The largest absolute Gasteiger partial charge is 0.497 e. The van der Waals surface area contributed by atoms with Crippen LogP contribution in [0.1, 0.15) is 6.42 Å². The van der Waals surface area contributed by atoms with E-state index in [9.17, 15) is 9.59 Å². The molecule has 1 heterocycles. The van der Waals surface area contributed by atoms with E-state index in [1.54, 1.807) is 45.5 Å². The zero-order chi connectivity index (χ0) is 15.4. The Morgan fingerprint density at radius 3 is 2.62 bits per heavy atom. The molecular formula is C14H17N3O3S. The van der Waals surface area contributed by atoms with E-state index in [4.69, 9.17) is 4.74 Å². The molecule has 0 spiro atoms. The predicted molar refractivity (Wildman–Crippen MR) is 83.7 cm³/mol. The number of carbonyl (C=O) groups is 2. The predicted octanol–water partition coefficient (Wildman–Crippen LogP) is 1.58. The highest BCUT2D eigenvalue weighted by Gasteiger charge is 2.36. The Morgan fingerprint density at radius 2 is 2.10 bits per heavy atom. The number of nitrogens with one attached hydrogen (secondary N) is 1. The van der Waals surface area contributed by atoms with Gasteiger partial charge in [-0.15, -0.1) is 0 Å². The Hall–Kier alpha value is -2.02. The van der Waals surface area contributed by atoms with E-state index in [0.717, 1.165) is 5.75 Å². The van der Waals surface area contributed by atoms with Crippen molar-refractivity contribution < 1.29 is 14.3 Å². The van der Waals surface area contributed by atoms with Gasteiger partial charge >= 0.3 is 0 Å². The second kappa shape index (κ2) is 6.62. The first-order valence-electron chi connectivity index (χ1n) is 6.40. The molecule has 2 amide bonds. The summed E-state index contributed by atoms with van der Waals surface area (Å²) in [5.41, 5.74) is 0.675. The number of anilines is 1. The Balaban J connectivity index is 1.94. The highest BCUT2D eigenvalue weighted by molar-refractivity contribution is 8.15. The maximum atomic E-state index is 12.0. The van der Waals surface area contributed by atoms with E-state index in [0.29, 0.717) is 10.9 Å². The summed E-state index contributed by atoms with van der Waals surface area (Å²) in [6.45, 7) is 0. The van der Waals surface area contributed by atoms with Crippen LogP contribution in [0.5, 0.6) is 5.75 Å². The first kappa shape index (κ1) is 15.4. The Kier molecular flexibility index (Phi) is 4.85. The lowest BCUT2D eigenvalue weighted by molar-refractivity contribution is -0.127. The van der Waals surface area contributed by atoms with Gasteiger partial charge in [0, 0.05) is 26.2 Å². The van der Waals surface area contributed by atoms with Gasteiger partial charge in [-0.25, -0.2) is 0 Å².